The molecule has 2 aliphatic rings. The van der Waals surface area contributed by atoms with Crippen molar-refractivity contribution >= 4 is 34.1 Å². The number of anilines is 6. The lowest BCUT2D eigenvalue weighted by Crippen LogP contribution is -2.28. The second-order valence-corrected chi connectivity index (χ2v) is 20.5. The average Bonchev–Trinajstić information content (AvgIpc) is 3.39. The van der Waals surface area contributed by atoms with Crippen molar-refractivity contribution in [2.45, 2.75) is 124 Å². The molecule has 0 saturated heterocycles. The highest BCUT2D eigenvalue weighted by atomic mass is 15.2. The van der Waals surface area contributed by atoms with Gasteiger partial charge in [-0.2, -0.15) is 5.26 Å². The van der Waals surface area contributed by atoms with E-state index >= 15 is 0 Å². The third-order valence-electron chi connectivity index (χ3n) is 17.5. The van der Waals surface area contributed by atoms with Crippen LogP contribution >= 0.6 is 0 Å². The lowest BCUT2D eigenvalue weighted by Gasteiger charge is -2.44. The summed E-state index contributed by atoms with van der Waals surface area (Å²) < 4.78 is 0. The molecule has 0 spiro atoms. The second kappa shape index (κ2) is 17.0. The van der Waals surface area contributed by atoms with Crippen molar-refractivity contribution in [3.05, 3.63) is 196 Å². The van der Waals surface area contributed by atoms with Crippen LogP contribution in [-0.2, 0) is 12.8 Å². The number of benzene rings is 7. The van der Waals surface area contributed by atoms with Crippen LogP contribution in [0.5, 0.6) is 0 Å². The number of aromatic nitrogens is 2. The van der Waals surface area contributed by atoms with E-state index in [1.54, 1.807) is 0 Å². The first-order valence-corrected chi connectivity index (χ1v) is 24.9. The number of nitriles is 1. The lowest BCUT2D eigenvalue weighted by atomic mass is 9.79. The second-order valence-electron chi connectivity index (χ2n) is 20.5. The zero-order valence-corrected chi connectivity index (χ0v) is 44.2. The molecule has 7 aromatic carbocycles. The van der Waals surface area contributed by atoms with Crippen LogP contribution in [0.3, 0.4) is 0 Å². The molecule has 0 atom stereocenters. The molecule has 5 heteroatoms. The Morgan fingerprint density at radius 2 is 0.671 bits per heavy atom. The normalized spacial score (nSPS) is 12.7. The predicted molar refractivity (Wildman–Crippen MR) is 294 cm³/mol. The fraction of sp³-hybridized carbons (Fsp3) is 0.277. The minimum absolute atomic E-state index is 0.513. The number of fused-ring (bicyclic) bond motifs is 4. The van der Waals surface area contributed by atoms with Gasteiger partial charge < -0.3 is 9.80 Å². The Hall–Kier alpha value is -7.29. The van der Waals surface area contributed by atoms with Crippen molar-refractivity contribution in [3.63, 3.8) is 0 Å². The van der Waals surface area contributed by atoms with Crippen LogP contribution in [0.25, 0.3) is 33.9 Å². The Morgan fingerprint density at radius 3 is 0.986 bits per heavy atom. The van der Waals surface area contributed by atoms with E-state index in [1.165, 1.54) is 134 Å². The minimum atomic E-state index is 0.513. The third kappa shape index (κ3) is 6.78. The van der Waals surface area contributed by atoms with Gasteiger partial charge in [-0.05, 0) is 240 Å². The van der Waals surface area contributed by atoms with Crippen molar-refractivity contribution < 1.29 is 0 Å². The van der Waals surface area contributed by atoms with Crippen molar-refractivity contribution in [1.29, 1.82) is 5.26 Å². The van der Waals surface area contributed by atoms with Gasteiger partial charge >= 0.3 is 0 Å². The van der Waals surface area contributed by atoms with E-state index in [9.17, 15) is 5.26 Å². The predicted octanol–water partition coefficient (Wildman–Crippen LogP) is 17.0. The van der Waals surface area contributed by atoms with Crippen molar-refractivity contribution in [2.75, 3.05) is 9.80 Å². The first kappa shape index (κ1) is 46.4. The highest BCUT2D eigenvalue weighted by Gasteiger charge is 2.39. The van der Waals surface area contributed by atoms with Gasteiger partial charge in [-0.3, -0.25) is 0 Å². The van der Waals surface area contributed by atoms with Crippen LogP contribution in [0.1, 0.15) is 117 Å². The molecule has 0 bridgehead atoms. The fourth-order valence-corrected chi connectivity index (χ4v) is 11.9. The first-order chi connectivity index (χ1) is 33.4. The summed E-state index contributed by atoms with van der Waals surface area (Å²) in [7, 11) is 0. The molecule has 10 rings (SSSR count). The molecule has 2 aliphatic heterocycles. The monoisotopic (exact) mass is 916 g/mol. The van der Waals surface area contributed by atoms with E-state index in [0.29, 0.717) is 17.0 Å². The van der Waals surface area contributed by atoms with Gasteiger partial charge in [0.2, 0.25) is 0 Å². The molecule has 0 unspecified atom stereocenters. The molecular weight excluding hydrogens is 851 g/mol. The maximum absolute atomic E-state index is 11.7. The van der Waals surface area contributed by atoms with Crippen LogP contribution in [-0.4, -0.2) is 9.97 Å². The van der Waals surface area contributed by atoms with Gasteiger partial charge in [0.1, 0.15) is 0 Å². The molecule has 0 N–H and O–H groups in total. The molecule has 5 nitrogen and oxygen atoms in total. The number of rotatable bonds is 5. The zero-order chi connectivity index (χ0) is 49.9. The SMILES string of the molecule is Cc1c(C)c(C)c2c(c1C)Cc1c(C)c(C)c(C)c(C)c1N2c1cc(C#N)c(-c2nc(-c3ccccc3)cc(-c3ccccc3)n2)cc1N1c2c(C)c(C)c(C)c(C)c2Cc2c(C)c(C)c(C)c(C)c21. The largest absolute Gasteiger partial charge is 0.307 e. The van der Waals surface area contributed by atoms with Crippen LogP contribution < -0.4 is 9.80 Å². The summed E-state index contributed by atoms with van der Waals surface area (Å²) in [6.45, 7) is 36.8. The highest BCUT2D eigenvalue weighted by Crippen LogP contribution is 2.59. The summed E-state index contributed by atoms with van der Waals surface area (Å²) >= 11 is 0. The molecule has 0 amide bonds. The molecule has 3 heterocycles. The van der Waals surface area contributed by atoms with Gasteiger partial charge in [-0.1, -0.05) is 60.7 Å². The summed E-state index contributed by atoms with van der Waals surface area (Å²) in [5.74, 6) is 0.513. The van der Waals surface area contributed by atoms with Crippen LogP contribution in [0, 0.1) is 122 Å². The van der Waals surface area contributed by atoms with E-state index < -0.39 is 0 Å². The average molecular weight is 916 g/mol. The molecule has 0 saturated carbocycles. The fourth-order valence-electron chi connectivity index (χ4n) is 11.9. The molecule has 350 valence electrons. The molecule has 70 heavy (non-hydrogen) atoms. The third-order valence-corrected chi connectivity index (χ3v) is 17.5. The Labute approximate surface area is 416 Å². The van der Waals surface area contributed by atoms with Crippen molar-refractivity contribution in [3.8, 4) is 40.0 Å². The van der Waals surface area contributed by atoms with E-state index in [1.807, 2.05) is 36.4 Å². The first-order valence-electron chi connectivity index (χ1n) is 24.9. The smallest absolute Gasteiger partial charge is 0.161 e. The summed E-state index contributed by atoms with van der Waals surface area (Å²) in [5.41, 5.74) is 37.9. The number of hydrogen-bond acceptors (Lipinski definition) is 5. The molecular formula is C65H65N5. The van der Waals surface area contributed by atoms with Crippen molar-refractivity contribution in [2.24, 2.45) is 0 Å². The van der Waals surface area contributed by atoms with Gasteiger partial charge in [0, 0.05) is 29.5 Å². The molecule has 0 aliphatic carbocycles. The van der Waals surface area contributed by atoms with Crippen LogP contribution in [0.2, 0.25) is 0 Å². The molecule has 0 radical (unpaired) electrons. The Morgan fingerprint density at radius 1 is 0.371 bits per heavy atom. The van der Waals surface area contributed by atoms with Gasteiger partial charge in [0.05, 0.1) is 57.1 Å². The Balaban J connectivity index is 1.43. The molecule has 8 aromatic rings. The van der Waals surface area contributed by atoms with E-state index in [4.69, 9.17) is 9.97 Å². The standard InChI is InChI=1S/C65H65N5/c1-33-37(5)45(13)61-52(41(33)9)28-53-42(10)34(2)38(6)46(14)62(53)69(61)59-27-51(32-66)56(65-67-57(49-23-19-17-20-24-49)31-58(68-65)50-25-21-18-22-26-50)30-60(59)70-63-47(15)39(7)35(3)43(11)54(63)29-55-44(12)36(4)40(8)48(16)64(55)70/h17-27,30-31H,28-29H2,1-16H3. The van der Waals surface area contributed by atoms with Crippen LogP contribution in [0.15, 0.2) is 78.9 Å². The number of hydrogen-bond donors (Lipinski definition) is 0. The quantitative estimate of drug-likeness (QED) is 0.172. The highest BCUT2D eigenvalue weighted by molar-refractivity contribution is 6.01. The summed E-state index contributed by atoms with van der Waals surface area (Å²) in [5, 5.41) is 11.7. The maximum atomic E-state index is 11.7. The molecule has 1 aromatic heterocycles. The van der Waals surface area contributed by atoms with E-state index in [0.717, 1.165) is 46.7 Å². The van der Waals surface area contributed by atoms with E-state index in [-0.39, 0.29) is 0 Å². The molecule has 0 fully saturated rings. The van der Waals surface area contributed by atoms with E-state index in [2.05, 4.69) is 169 Å². The zero-order valence-electron chi connectivity index (χ0n) is 44.2. The maximum Gasteiger partial charge on any atom is 0.161 e. The summed E-state index contributed by atoms with van der Waals surface area (Å²) in [6.07, 6.45) is 1.68. The lowest BCUT2D eigenvalue weighted by molar-refractivity contribution is 0.982. The van der Waals surface area contributed by atoms with Gasteiger partial charge in [-0.25, -0.2) is 9.97 Å². The number of nitrogens with zero attached hydrogens (tertiary/aromatic N) is 5. The van der Waals surface area contributed by atoms with Gasteiger partial charge in [0.15, 0.2) is 5.82 Å². The van der Waals surface area contributed by atoms with Gasteiger partial charge in [-0.15, -0.1) is 0 Å². The minimum Gasteiger partial charge on any atom is -0.307 e. The Kier molecular flexibility index (Phi) is 11.3. The van der Waals surface area contributed by atoms with Crippen molar-refractivity contribution in [1.82, 2.24) is 9.97 Å². The topological polar surface area (TPSA) is 56.1 Å². The summed E-state index contributed by atoms with van der Waals surface area (Å²) in [6, 6.07) is 29.9. The van der Waals surface area contributed by atoms with Gasteiger partial charge in [0.25, 0.3) is 0 Å². The van der Waals surface area contributed by atoms with Crippen LogP contribution in [0.4, 0.5) is 34.1 Å². The summed E-state index contributed by atoms with van der Waals surface area (Å²) in [4.78, 5) is 16.0. The Bertz CT molecular complexity index is 3410.